The molecule has 0 bridgehead atoms. The second-order valence-electron chi connectivity index (χ2n) is 7.08. The van der Waals surface area contributed by atoms with Gasteiger partial charge in [0, 0.05) is 5.54 Å². The maximum Gasteiger partial charge on any atom is 0.241 e. The molecule has 0 unspecified atom stereocenters. The van der Waals surface area contributed by atoms with Crippen molar-refractivity contribution in [2.24, 2.45) is 0 Å². The molecule has 4 heteroatoms. The predicted molar refractivity (Wildman–Crippen MR) is 96.2 cm³/mol. The minimum Gasteiger partial charge on any atom is -0.207 e. The number of nitrogens with one attached hydrogen (secondary N) is 1. The summed E-state index contributed by atoms with van der Waals surface area (Å²) in [6, 6.07) is 15.9. The normalized spacial score (nSPS) is 18.1. The Hall–Kier alpha value is -1.91. The van der Waals surface area contributed by atoms with E-state index in [0.717, 1.165) is 31.2 Å². The number of sulfonamides is 1. The minimum absolute atomic E-state index is 0.242. The quantitative estimate of drug-likeness (QED) is 0.903. The molecule has 4 rings (SSSR count). The van der Waals surface area contributed by atoms with Crippen LogP contribution in [0.25, 0.3) is 5.57 Å². The van der Waals surface area contributed by atoms with Crippen LogP contribution < -0.4 is 4.72 Å². The molecule has 0 saturated heterocycles. The Labute approximate surface area is 143 Å². The maximum absolute atomic E-state index is 12.5. The lowest BCUT2D eigenvalue weighted by atomic mass is 9.99. The summed E-state index contributed by atoms with van der Waals surface area (Å²) < 4.78 is 27.9. The largest absolute Gasteiger partial charge is 0.241 e. The highest BCUT2D eigenvalue weighted by atomic mass is 32.2. The van der Waals surface area contributed by atoms with Crippen LogP contribution in [0, 0.1) is 0 Å². The fourth-order valence-corrected chi connectivity index (χ4v) is 4.73. The molecule has 0 heterocycles. The fraction of sp³-hybridized carbons (Fsp3) is 0.300. The van der Waals surface area contributed by atoms with Gasteiger partial charge in [0.2, 0.25) is 10.0 Å². The van der Waals surface area contributed by atoms with Crippen LogP contribution >= 0.6 is 0 Å². The van der Waals surface area contributed by atoms with E-state index in [2.05, 4.69) is 22.9 Å². The van der Waals surface area contributed by atoms with Crippen molar-refractivity contribution in [2.75, 3.05) is 0 Å². The van der Waals surface area contributed by atoms with Gasteiger partial charge in [0.25, 0.3) is 0 Å². The van der Waals surface area contributed by atoms with Crippen LogP contribution in [-0.4, -0.2) is 14.0 Å². The maximum atomic E-state index is 12.5. The Morgan fingerprint density at radius 3 is 2.54 bits per heavy atom. The summed E-state index contributed by atoms with van der Waals surface area (Å²) in [4.78, 5) is 0.378. The van der Waals surface area contributed by atoms with Crippen molar-refractivity contribution in [3.63, 3.8) is 0 Å². The van der Waals surface area contributed by atoms with Crippen LogP contribution in [0.4, 0.5) is 0 Å². The molecule has 2 aromatic carbocycles. The van der Waals surface area contributed by atoms with Gasteiger partial charge in [-0.1, -0.05) is 42.5 Å². The Balaban J connectivity index is 1.58. The molecule has 24 heavy (non-hydrogen) atoms. The molecule has 0 atom stereocenters. The van der Waals surface area contributed by atoms with E-state index in [4.69, 9.17) is 0 Å². The Bertz CT molecular complexity index is 910. The number of fused-ring (bicyclic) bond motifs is 1. The summed E-state index contributed by atoms with van der Waals surface area (Å²) in [5, 5.41) is 0. The van der Waals surface area contributed by atoms with Crippen LogP contribution in [0.15, 0.2) is 59.5 Å². The van der Waals surface area contributed by atoms with Gasteiger partial charge < -0.3 is 0 Å². The highest BCUT2D eigenvalue weighted by Crippen LogP contribution is 2.37. The average molecular weight is 339 g/mol. The third kappa shape index (κ3) is 3.04. The van der Waals surface area contributed by atoms with E-state index >= 15 is 0 Å². The topological polar surface area (TPSA) is 46.2 Å². The molecule has 1 fully saturated rings. The Kier molecular flexibility index (Phi) is 3.62. The van der Waals surface area contributed by atoms with E-state index in [0.29, 0.717) is 4.90 Å². The smallest absolute Gasteiger partial charge is 0.207 e. The van der Waals surface area contributed by atoms with Gasteiger partial charge in [-0.3, -0.25) is 0 Å². The van der Waals surface area contributed by atoms with Crippen LogP contribution in [0.2, 0.25) is 0 Å². The molecule has 0 aliphatic heterocycles. The highest BCUT2D eigenvalue weighted by molar-refractivity contribution is 7.89. The number of benzene rings is 2. The van der Waals surface area contributed by atoms with Crippen molar-refractivity contribution >= 4 is 15.6 Å². The lowest BCUT2D eigenvalue weighted by Gasteiger charge is -2.13. The van der Waals surface area contributed by atoms with Crippen molar-refractivity contribution < 1.29 is 8.42 Å². The van der Waals surface area contributed by atoms with Crippen molar-refractivity contribution in [1.82, 2.24) is 4.72 Å². The van der Waals surface area contributed by atoms with Gasteiger partial charge in [-0.15, -0.1) is 0 Å². The lowest BCUT2D eigenvalue weighted by molar-refractivity contribution is 0.558. The van der Waals surface area contributed by atoms with Gasteiger partial charge in [0.05, 0.1) is 4.90 Å². The van der Waals surface area contributed by atoms with E-state index in [1.807, 2.05) is 37.3 Å². The summed E-state index contributed by atoms with van der Waals surface area (Å²) >= 11 is 0. The summed E-state index contributed by atoms with van der Waals surface area (Å²) in [6.45, 7) is 1.96. The molecule has 124 valence electrons. The zero-order valence-electron chi connectivity index (χ0n) is 13.7. The summed E-state index contributed by atoms with van der Waals surface area (Å²) in [7, 11) is -3.43. The van der Waals surface area contributed by atoms with Crippen molar-refractivity contribution in [3.05, 3.63) is 71.3 Å². The first-order valence-corrected chi connectivity index (χ1v) is 9.84. The molecule has 0 aromatic heterocycles. The van der Waals surface area contributed by atoms with Gasteiger partial charge >= 0.3 is 0 Å². The van der Waals surface area contributed by atoms with E-state index < -0.39 is 10.0 Å². The Morgan fingerprint density at radius 2 is 1.83 bits per heavy atom. The molecule has 1 saturated carbocycles. The predicted octanol–water partition coefficient (Wildman–Crippen LogP) is 3.70. The molecule has 0 radical (unpaired) electrons. The first-order chi connectivity index (χ1) is 11.5. The Morgan fingerprint density at radius 1 is 1.08 bits per heavy atom. The van der Waals surface area contributed by atoms with Gasteiger partial charge in [0.15, 0.2) is 0 Å². The third-order valence-electron chi connectivity index (χ3n) is 4.92. The standard InChI is InChI=1S/C20H21NO2S/c1-20(11-12-20)21-24(22,23)18-9-10-19-16(7-8-17(19)14-18)13-15-5-3-2-4-6-15/h2-7,9-10,14,21H,8,11-13H2,1H3. The molecule has 1 N–H and O–H groups in total. The number of hydrogen-bond acceptors (Lipinski definition) is 2. The van der Waals surface area contributed by atoms with E-state index in [9.17, 15) is 8.42 Å². The van der Waals surface area contributed by atoms with E-state index in [1.165, 1.54) is 16.7 Å². The van der Waals surface area contributed by atoms with Crippen LogP contribution in [-0.2, 0) is 22.9 Å². The summed E-state index contributed by atoms with van der Waals surface area (Å²) in [5.74, 6) is 0. The van der Waals surface area contributed by atoms with Crippen LogP contribution in [0.1, 0.15) is 36.5 Å². The number of hydrogen-bond donors (Lipinski definition) is 1. The first kappa shape index (κ1) is 15.6. The third-order valence-corrected chi connectivity index (χ3v) is 6.56. The SMILES string of the molecule is CC1(NS(=O)(=O)c2ccc3c(c2)CC=C3Cc2ccccc2)CC1. The van der Waals surface area contributed by atoms with Crippen molar-refractivity contribution in [1.29, 1.82) is 0 Å². The summed E-state index contributed by atoms with van der Waals surface area (Å²) in [6.07, 6.45) is 5.73. The molecule has 2 aliphatic rings. The molecular formula is C20H21NO2S. The molecule has 0 spiro atoms. The molecule has 2 aliphatic carbocycles. The van der Waals surface area contributed by atoms with Gasteiger partial charge in [-0.25, -0.2) is 13.1 Å². The molecule has 0 amide bonds. The second-order valence-corrected chi connectivity index (χ2v) is 8.76. The van der Waals surface area contributed by atoms with Crippen molar-refractivity contribution in [2.45, 2.75) is 43.0 Å². The summed E-state index contributed by atoms with van der Waals surface area (Å²) in [5.41, 5.74) is 4.59. The fourth-order valence-electron chi connectivity index (χ4n) is 3.22. The van der Waals surface area contributed by atoms with E-state index in [1.54, 1.807) is 6.07 Å². The second kappa shape index (κ2) is 5.57. The van der Waals surface area contributed by atoms with Gasteiger partial charge in [0.1, 0.15) is 0 Å². The molecule has 3 nitrogen and oxygen atoms in total. The number of rotatable bonds is 5. The van der Waals surface area contributed by atoms with Crippen LogP contribution in [0.3, 0.4) is 0 Å². The monoisotopic (exact) mass is 339 g/mol. The van der Waals surface area contributed by atoms with E-state index in [-0.39, 0.29) is 5.54 Å². The van der Waals surface area contributed by atoms with Crippen molar-refractivity contribution in [3.8, 4) is 0 Å². The number of allylic oxidation sites excluding steroid dienone is 2. The molecular weight excluding hydrogens is 318 g/mol. The molecule has 2 aromatic rings. The lowest BCUT2D eigenvalue weighted by Crippen LogP contribution is -2.34. The zero-order valence-corrected chi connectivity index (χ0v) is 14.6. The van der Waals surface area contributed by atoms with Gasteiger partial charge in [-0.05, 0) is 67.0 Å². The average Bonchev–Trinajstić information content (AvgIpc) is 3.14. The highest BCUT2D eigenvalue weighted by Gasteiger charge is 2.41. The minimum atomic E-state index is -3.43. The van der Waals surface area contributed by atoms with Crippen LogP contribution in [0.5, 0.6) is 0 Å². The first-order valence-electron chi connectivity index (χ1n) is 8.35. The zero-order chi connectivity index (χ0) is 16.8. The van der Waals surface area contributed by atoms with Gasteiger partial charge in [-0.2, -0.15) is 0 Å².